The van der Waals surface area contributed by atoms with Gasteiger partial charge in [0, 0.05) is 10.6 Å². The van der Waals surface area contributed by atoms with Crippen LogP contribution in [0.2, 0.25) is 10.0 Å². The van der Waals surface area contributed by atoms with E-state index >= 15 is 0 Å². The lowest BCUT2D eigenvalue weighted by Gasteiger charge is -1.96. The Hall–Kier alpha value is -2.35. The van der Waals surface area contributed by atoms with Crippen LogP contribution in [0.4, 0.5) is 0 Å². The monoisotopic (exact) mass is 404 g/mol. The van der Waals surface area contributed by atoms with Gasteiger partial charge >= 0.3 is 0 Å². The molecule has 26 heavy (non-hydrogen) atoms. The molecule has 0 bridgehead atoms. The van der Waals surface area contributed by atoms with Gasteiger partial charge in [-0.2, -0.15) is 0 Å². The van der Waals surface area contributed by atoms with E-state index in [4.69, 9.17) is 32.0 Å². The largest absolute Gasteiger partial charge is 0.420 e. The molecule has 0 saturated carbocycles. The Balaban J connectivity index is 1.45. The molecule has 0 aliphatic rings. The van der Waals surface area contributed by atoms with Crippen molar-refractivity contribution in [1.29, 1.82) is 0 Å². The summed E-state index contributed by atoms with van der Waals surface area (Å²) in [5, 5.41) is 17.6. The third-order valence-electron chi connectivity index (χ3n) is 3.37. The first-order chi connectivity index (χ1) is 12.7. The fourth-order valence-electron chi connectivity index (χ4n) is 2.19. The van der Waals surface area contributed by atoms with Crippen molar-refractivity contribution in [2.45, 2.75) is 11.0 Å². The maximum absolute atomic E-state index is 6.14. The Kier molecular flexibility index (Phi) is 4.92. The van der Waals surface area contributed by atoms with E-state index < -0.39 is 0 Å². The van der Waals surface area contributed by atoms with E-state index in [1.807, 2.05) is 30.3 Å². The molecule has 0 aliphatic carbocycles. The standard InChI is InChI=1S/C17H10Cl2N4O2S/c18-11-5-3-4-10(8-11)15-21-23-17(25-15)26-9-14-20-22-16(24-14)12-6-1-2-7-13(12)19/h1-8H,9H2. The highest BCUT2D eigenvalue weighted by Crippen LogP contribution is 2.29. The fourth-order valence-corrected chi connectivity index (χ4v) is 3.19. The lowest BCUT2D eigenvalue weighted by Crippen LogP contribution is -1.80. The highest BCUT2D eigenvalue weighted by atomic mass is 35.5. The molecule has 0 N–H and O–H groups in total. The van der Waals surface area contributed by atoms with E-state index in [0.29, 0.717) is 44.3 Å². The number of benzene rings is 2. The minimum atomic E-state index is 0.372. The van der Waals surface area contributed by atoms with Gasteiger partial charge in [0.1, 0.15) is 0 Å². The van der Waals surface area contributed by atoms with Gasteiger partial charge in [0.05, 0.1) is 16.3 Å². The number of rotatable bonds is 5. The van der Waals surface area contributed by atoms with Gasteiger partial charge < -0.3 is 8.83 Å². The third-order valence-corrected chi connectivity index (χ3v) is 4.74. The summed E-state index contributed by atoms with van der Waals surface area (Å²) in [5.74, 6) is 1.61. The first-order valence-corrected chi connectivity index (χ1v) is 9.23. The van der Waals surface area contributed by atoms with Crippen LogP contribution >= 0.6 is 35.0 Å². The van der Waals surface area contributed by atoms with Gasteiger partial charge in [-0.3, -0.25) is 0 Å². The van der Waals surface area contributed by atoms with Crippen molar-refractivity contribution in [2.75, 3.05) is 0 Å². The van der Waals surface area contributed by atoms with Gasteiger partial charge in [0.15, 0.2) is 0 Å². The molecule has 0 spiro atoms. The van der Waals surface area contributed by atoms with E-state index in [2.05, 4.69) is 20.4 Å². The van der Waals surface area contributed by atoms with E-state index in [-0.39, 0.29) is 0 Å². The van der Waals surface area contributed by atoms with Crippen molar-refractivity contribution in [3.05, 3.63) is 64.5 Å². The molecule has 0 atom stereocenters. The fraction of sp³-hybridized carbons (Fsp3) is 0.0588. The second-order valence-corrected chi connectivity index (χ2v) is 6.92. The van der Waals surface area contributed by atoms with Crippen molar-refractivity contribution in [2.24, 2.45) is 0 Å². The SMILES string of the molecule is Clc1cccc(-c2nnc(SCc3nnc(-c4ccccc4Cl)o3)o2)c1. The number of halogens is 2. The van der Waals surface area contributed by atoms with Crippen LogP contribution in [0.25, 0.3) is 22.9 Å². The minimum absolute atomic E-state index is 0.372. The van der Waals surface area contributed by atoms with E-state index in [1.165, 1.54) is 11.8 Å². The van der Waals surface area contributed by atoms with Crippen molar-refractivity contribution < 1.29 is 8.83 Å². The molecule has 2 aromatic heterocycles. The lowest BCUT2D eigenvalue weighted by atomic mass is 10.2. The molecule has 2 aromatic carbocycles. The summed E-state index contributed by atoms with van der Waals surface area (Å²) in [6.07, 6.45) is 0. The Morgan fingerprint density at radius 3 is 2.54 bits per heavy atom. The normalized spacial score (nSPS) is 11.0. The summed E-state index contributed by atoms with van der Waals surface area (Å²) >= 11 is 13.4. The molecule has 2 heterocycles. The third kappa shape index (κ3) is 3.75. The summed E-state index contributed by atoms with van der Waals surface area (Å²) in [5.41, 5.74) is 1.45. The van der Waals surface area contributed by atoms with Crippen LogP contribution in [-0.4, -0.2) is 20.4 Å². The molecular formula is C17H10Cl2N4O2S. The maximum atomic E-state index is 6.14. The van der Waals surface area contributed by atoms with Crippen molar-refractivity contribution in [1.82, 2.24) is 20.4 Å². The highest BCUT2D eigenvalue weighted by Gasteiger charge is 2.14. The van der Waals surface area contributed by atoms with Gasteiger partial charge in [-0.15, -0.1) is 20.4 Å². The number of aromatic nitrogens is 4. The summed E-state index contributed by atoms with van der Waals surface area (Å²) in [6.45, 7) is 0. The van der Waals surface area contributed by atoms with Gasteiger partial charge in [-0.05, 0) is 30.3 Å². The van der Waals surface area contributed by atoms with Crippen molar-refractivity contribution >= 4 is 35.0 Å². The second kappa shape index (κ2) is 7.49. The average molecular weight is 405 g/mol. The molecule has 0 fully saturated rings. The summed E-state index contributed by atoms with van der Waals surface area (Å²) in [4.78, 5) is 0. The van der Waals surface area contributed by atoms with Crippen LogP contribution in [0, 0.1) is 0 Å². The first-order valence-electron chi connectivity index (χ1n) is 7.48. The molecule has 0 unspecified atom stereocenters. The number of nitrogens with zero attached hydrogens (tertiary/aromatic N) is 4. The summed E-state index contributed by atoms with van der Waals surface area (Å²) in [6, 6.07) is 14.5. The minimum Gasteiger partial charge on any atom is -0.420 e. The molecule has 4 aromatic rings. The lowest BCUT2D eigenvalue weighted by molar-refractivity contribution is 0.464. The molecule has 0 aliphatic heterocycles. The smallest absolute Gasteiger partial charge is 0.277 e. The number of thioether (sulfide) groups is 1. The summed E-state index contributed by atoms with van der Waals surface area (Å²) in [7, 11) is 0. The van der Waals surface area contributed by atoms with Crippen LogP contribution in [0.1, 0.15) is 5.89 Å². The zero-order valence-corrected chi connectivity index (χ0v) is 15.4. The van der Waals surface area contributed by atoms with Crippen LogP contribution in [0.3, 0.4) is 0 Å². The predicted octanol–water partition coefficient (Wildman–Crippen LogP) is 5.39. The van der Waals surface area contributed by atoms with Gasteiger partial charge in [-0.25, -0.2) is 0 Å². The van der Waals surface area contributed by atoms with Crippen LogP contribution in [-0.2, 0) is 5.75 Å². The topological polar surface area (TPSA) is 77.8 Å². The van der Waals surface area contributed by atoms with Crippen molar-refractivity contribution in [3.63, 3.8) is 0 Å². The van der Waals surface area contributed by atoms with Gasteiger partial charge in [0.25, 0.3) is 5.22 Å². The van der Waals surface area contributed by atoms with Crippen molar-refractivity contribution in [3.8, 4) is 22.9 Å². The Labute approximate surface area is 162 Å². The van der Waals surface area contributed by atoms with Gasteiger partial charge in [-0.1, -0.05) is 53.2 Å². The maximum Gasteiger partial charge on any atom is 0.277 e. The molecule has 0 radical (unpaired) electrons. The molecule has 0 amide bonds. The van der Waals surface area contributed by atoms with Crippen LogP contribution in [0.5, 0.6) is 0 Å². The first kappa shape index (κ1) is 17.1. The molecule has 9 heteroatoms. The van der Waals surface area contributed by atoms with Crippen LogP contribution in [0.15, 0.2) is 62.6 Å². The van der Waals surface area contributed by atoms with Gasteiger partial charge in [0.2, 0.25) is 17.7 Å². The van der Waals surface area contributed by atoms with Crippen LogP contribution < -0.4 is 0 Å². The highest BCUT2D eigenvalue weighted by molar-refractivity contribution is 7.98. The second-order valence-electron chi connectivity index (χ2n) is 5.15. The van der Waals surface area contributed by atoms with E-state index in [0.717, 1.165) is 5.56 Å². The summed E-state index contributed by atoms with van der Waals surface area (Å²) < 4.78 is 11.3. The Bertz CT molecular complexity index is 1050. The van der Waals surface area contributed by atoms with E-state index in [9.17, 15) is 0 Å². The molecule has 4 rings (SSSR count). The quantitative estimate of drug-likeness (QED) is 0.412. The molecule has 130 valence electrons. The molecule has 0 saturated heterocycles. The number of hydrogen-bond donors (Lipinski definition) is 0. The van der Waals surface area contributed by atoms with E-state index in [1.54, 1.807) is 18.2 Å². The predicted molar refractivity (Wildman–Crippen MR) is 99.0 cm³/mol. The zero-order valence-electron chi connectivity index (χ0n) is 13.1. The zero-order chi connectivity index (χ0) is 17.9. The molecular weight excluding hydrogens is 395 g/mol. The number of hydrogen-bond acceptors (Lipinski definition) is 7. The Morgan fingerprint density at radius 2 is 1.69 bits per heavy atom. The Morgan fingerprint density at radius 1 is 0.846 bits per heavy atom. The average Bonchev–Trinajstić information content (AvgIpc) is 3.30. The molecule has 6 nitrogen and oxygen atoms in total.